The van der Waals surface area contributed by atoms with Crippen LogP contribution in [0.25, 0.3) is 0 Å². The van der Waals surface area contributed by atoms with E-state index in [2.05, 4.69) is 4.74 Å². The van der Waals surface area contributed by atoms with Gasteiger partial charge in [0.15, 0.2) is 6.61 Å². The molecule has 1 unspecified atom stereocenters. The van der Waals surface area contributed by atoms with Gasteiger partial charge in [-0.3, -0.25) is 19.7 Å². The molecule has 0 aromatic heterocycles. The van der Waals surface area contributed by atoms with Gasteiger partial charge in [0, 0.05) is 0 Å². The van der Waals surface area contributed by atoms with Gasteiger partial charge in [-0.05, 0) is 6.92 Å². The van der Waals surface area contributed by atoms with Crippen LogP contribution in [0.3, 0.4) is 0 Å². The molecule has 0 spiro atoms. The third kappa shape index (κ3) is 5.74. The number of Topliss-reactive ketones (excluding diaryl/α,β-unsaturated/α-hetero) is 1. The maximum Gasteiger partial charge on any atom is 0.347 e. The van der Waals surface area contributed by atoms with Crippen LogP contribution in [0, 0.1) is 10.1 Å². The van der Waals surface area contributed by atoms with Crippen LogP contribution >= 0.6 is 0 Å². The molecule has 13 heavy (non-hydrogen) atoms. The maximum absolute atomic E-state index is 10.6. The number of nitro groups is 1. The van der Waals surface area contributed by atoms with E-state index in [1.165, 1.54) is 6.92 Å². The number of esters is 1. The Morgan fingerprint density at radius 2 is 2.15 bits per heavy atom. The number of ether oxygens (including phenoxy) is 1. The highest BCUT2D eigenvalue weighted by molar-refractivity contribution is 5.94. The van der Waals surface area contributed by atoms with E-state index in [1.54, 1.807) is 0 Å². The predicted molar refractivity (Wildman–Crippen MR) is 39.3 cm³/mol. The number of ketones is 1. The molecule has 1 atom stereocenters. The fourth-order valence-electron chi connectivity index (χ4n) is 0.483. The quantitative estimate of drug-likeness (QED) is 0.198. The number of carbonyl (C=O) groups is 2. The minimum atomic E-state index is -1.93. The number of rotatable bonds is 5. The lowest BCUT2D eigenvalue weighted by Gasteiger charge is -2.03. The Kier molecular flexibility index (Phi) is 4.60. The van der Waals surface area contributed by atoms with Crippen molar-refractivity contribution in [3.8, 4) is 0 Å². The summed E-state index contributed by atoms with van der Waals surface area (Å²) in [5, 5.41) is 18.4. The van der Waals surface area contributed by atoms with Gasteiger partial charge in [0.25, 0.3) is 0 Å². The van der Waals surface area contributed by atoms with Gasteiger partial charge in [-0.1, -0.05) is 0 Å². The lowest BCUT2D eigenvalue weighted by Crippen LogP contribution is -2.26. The molecule has 7 heteroatoms. The first kappa shape index (κ1) is 11.5. The van der Waals surface area contributed by atoms with Crippen molar-refractivity contribution in [3.63, 3.8) is 0 Å². The van der Waals surface area contributed by atoms with Crippen molar-refractivity contribution in [1.29, 1.82) is 0 Å². The van der Waals surface area contributed by atoms with Crippen molar-refractivity contribution in [2.45, 2.75) is 19.6 Å². The number of aliphatic hydroxyl groups excluding tert-OH is 1. The van der Waals surface area contributed by atoms with Crippen LogP contribution in [-0.2, 0) is 14.3 Å². The first-order valence-electron chi connectivity index (χ1n) is 3.40. The highest BCUT2D eigenvalue weighted by Crippen LogP contribution is 1.91. The van der Waals surface area contributed by atoms with Gasteiger partial charge in [0.1, 0.15) is 12.2 Å². The Labute approximate surface area is 73.4 Å². The highest BCUT2D eigenvalue weighted by atomic mass is 16.7. The average molecular weight is 191 g/mol. The van der Waals surface area contributed by atoms with Gasteiger partial charge in [-0.2, -0.15) is 0 Å². The van der Waals surface area contributed by atoms with Gasteiger partial charge in [-0.25, -0.2) is 0 Å². The Morgan fingerprint density at radius 1 is 1.62 bits per heavy atom. The van der Waals surface area contributed by atoms with E-state index in [4.69, 9.17) is 5.11 Å². The second-order valence-corrected chi connectivity index (χ2v) is 2.33. The minimum absolute atomic E-state index is 0.402. The van der Waals surface area contributed by atoms with Crippen LogP contribution in [0.15, 0.2) is 0 Å². The number of carbonyl (C=O) groups excluding carboxylic acids is 2. The van der Waals surface area contributed by atoms with Gasteiger partial charge >= 0.3 is 12.2 Å². The summed E-state index contributed by atoms with van der Waals surface area (Å²) < 4.78 is 4.22. The zero-order valence-electron chi connectivity index (χ0n) is 6.93. The van der Waals surface area contributed by atoms with Crippen molar-refractivity contribution in [2.24, 2.45) is 0 Å². The summed E-state index contributed by atoms with van der Waals surface area (Å²) in [5.74, 6) is -1.28. The number of aliphatic hydroxyl groups is 1. The minimum Gasteiger partial charge on any atom is -0.455 e. The summed E-state index contributed by atoms with van der Waals surface area (Å²) in [7, 11) is 0. The van der Waals surface area contributed by atoms with Gasteiger partial charge < -0.3 is 9.84 Å². The van der Waals surface area contributed by atoms with Crippen molar-refractivity contribution in [1.82, 2.24) is 0 Å². The van der Waals surface area contributed by atoms with Crippen LogP contribution in [0.5, 0.6) is 0 Å². The predicted octanol–water partition coefficient (Wildman–Crippen LogP) is -0.896. The lowest BCUT2D eigenvalue weighted by molar-refractivity contribution is -0.573. The molecule has 0 aromatic carbocycles. The molecule has 0 rings (SSSR count). The molecule has 0 radical (unpaired) electrons. The molecule has 0 amide bonds. The van der Waals surface area contributed by atoms with Crippen LogP contribution < -0.4 is 0 Å². The molecule has 0 fully saturated rings. The molecule has 0 saturated carbocycles. The van der Waals surface area contributed by atoms with Gasteiger partial charge in [-0.15, -0.1) is 0 Å². The average Bonchev–Trinajstić information content (AvgIpc) is 1.98. The zero-order valence-corrected chi connectivity index (χ0v) is 6.93. The fraction of sp³-hybridized carbons (Fsp3) is 0.667. The zero-order chi connectivity index (χ0) is 10.4. The Bertz CT molecular complexity index is 225. The van der Waals surface area contributed by atoms with Crippen LogP contribution in [0.1, 0.15) is 13.3 Å². The second-order valence-electron chi connectivity index (χ2n) is 2.33. The smallest absolute Gasteiger partial charge is 0.347 e. The Balaban J connectivity index is 3.70. The largest absolute Gasteiger partial charge is 0.455 e. The number of hydrogen-bond acceptors (Lipinski definition) is 6. The molecule has 0 saturated heterocycles. The maximum atomic E-state index is 10.6. The van der Waals surface area contributed by atoms with Gasteiger partial charge in [0.05, 0.1) is 4.92 Å². The van der Waals surface area contributed by atoms with E-state index in [9.17, 15) is 19.7 Å². The van der Waals surface area contributed by atoms with E-state index in [0.717, 1.165) is 0 Å². The van der Waals surface area contributed by atoms with Crippen molar-refractivity contribution >= 4 is 11.8 Å². The molecular weight excluding hydrogens is 182 g/mol. The summed E-state index contributed by atoms with van der Waals surface area (Å²) in [6.45, 7) is 0.449. The molecule has 0 aliphatic heterocycles. The monoisotopic (exact) mass is 191 g/mol. The van der Waals surface area contributed by atoms with E-state index in [-0.39, 0.29) is 0 Å². The Morgan fingerprint density at radius 3 is 2.54 bits per heavy atom. The van der Waals surface area contributed by atoms with E-state index < -0.39 is 35.9 Å². The summed E-state index contributed by atoms with van der Waals surface area (Å²) >= 11 is 0. The topological polar surface area (TPSA) is 107 Å². The molecule has 7 nitrogen and oxygen atoms in total. The van der Waals surface area contributed by atoms with Crippen molar-refractivity contribution in [2.75, 3.05) is 6.61 Å². The first-order chi connectivity index (χ1) is 5.93. The van der Waals surface area contributed by atoms with Crippen LogP contribution in [0.2, 0.25) is 0 Å². The van der Waals surface area contributed by atoms with Crippen molar-refractivity contribution in [3.05, 3.63) is 10.1 Å². The number of nitrogens with zero attached hydrogens (tertiary/aromatic N) is 1. The molecule has 1 N–H and O–H groups in total. The molecule has 74 valence electrons. The van der Waals surface area contributed by atoms with Gasteiger partial charge in [0.2, 0.25) is 0 Å². The lowest BCUT2D eigenvalue weighted by atomic mass is 10.3. The van der Waals surface area contributed by atoms with E-state index >= 15 is 0 Å². The van der Waals surface area contributed by atoms with Crippen molar-refractivity contribution < 1.29 is 24.4 Å². The third-order valence-corrected chi connectivity index (χ3v) is 1.03. The molecule has 0 bridgehead atoms. The SMILES string of the molecule is CC(=O)CC(=O)OCC(O)[N+](=O)[O-]. The number of hydrogen-bond donors (Lipinski definition) is 1. The van der Waals surface area contributed by atoms with E-state index in [0.29, 0.717) is 0 Å². The second kappa shape index (κ2) is 5.20. The summed E-state index contributed by atoms with van der Waals surface area (Å²) in [6.07, 6.45) is -2.37. The summed E-state index contributed by atoms with van der Waals surface area (Å²) in [5.41, 5.74) is 0. The first-order valence-corrected chi connectivity index (χ1v) is 3.40. The highest BCUT2D eigenvalue weighted by Gasteiger charge is 2.18. The summed E-state index contributed by atoms with van der Waals surface area (Å²) in [6, 6.07) is 0. The summed E-state index contributed by atoms with van der Waals surface area (Å²) in [4.78, 5) is 29.8. The fourth-order valence-corrected chi connectivity index (χ4v) is 0.483. The normalized spacial score (nSPS) is 11.8. The Hall–Kier alpha value is -1.50. The molecular formula is C6H9NO6. The molecule has 0 aromatic rings. The van der Waals surface area contributed by atoms with E-state index in [1.807, 2.05) is 0 Å². The third-order valence-electron chi connectivity index (χ3n) is 1.03. The van der Waals surface area contributed by atoms with Crippen LogP contribution in [-0.4, -0.2) is 34.6 Å². The standard InChI is InChI=1S/C6H9NO6/c1-4(8)2-6(10)13-3-5(9)7(11)12/h5,9H,2-3H2,1H3. The molecule has 0 heterocycles. The molecule has 0 aliphatic rings. The molecule has 0 aliphatic carbocycles. The van der Waals surface area contributed by atoms with Crippen LogP contribution in [0.4, 0.5) is 0 Å².